The van der Waals surface area contributed by atoms with E-state index in [1.165, 1.54) is 109 Å². The monoisotopic (exact) mass is 777 g/mol. The second-order valence-electron chi connectivity index (χ2n) is 14.7. The maximum Gasteiger partial charge on any atom is 0.472 e. The molecular weight excluding hydrogens is 695 g/mol. The summed E-state index contributed by atoms with van der Waals surface area (Å²) in [7, 11) is -4.61. The van der Waals surface area contributed by atoms with Crippen LogP contribution < -0.4 is 0 Å². The van der Waals surface area contributed by atoms with Crippen LogP contribution in [0.5, 0.6) is 0 Å². The van der Waals surface area contributed by atoms with Crippen molar-refractivity contribution in [3.05, 3.63) is 12.2 Å². The molecule has 314 valence electrons. The third kappa shape index (κ3) is 38.8. The summed E-state index contributed by atoms with van der Waals surface area (Å²) in [4.78, 5) is 34.9. The van der Waals surface area contributed by atoms with Crippen molar-refractivity contribution in [1.82, 2.24) is 0 Å². The second-order valence-corrected chi connectivity index (χ2v) is 16.2. The van der Waals surface area contributed by atoms with E-state index in [-0.39, 0.29) is 19.4 Å². The molecule has 3 N–H and O–H groups in total. The van der Waals surface area contributed by atoms with Gasteiger partial charge in [0.25, 0.3) is 0 Å². The van der Waals surface area contributed by atoms with E-state index < -0.39 is 51.8 Å². The van der Waals surface area contributed by atoms with Crippen molar-refractivity contribution < 1.29 is 47.8 Å². The number of allylic oxidation sites excluding steroid dienone is 2. The van der Waals surface area contributed by atoms with Gasteiger partial charge in [-0.3, -0.25) is 18.6 Å². The third-order valence-corrected chi connectivity index (χ3v) is 10.4. The average molecular weight is 777 g/mol. The van der Waals surface area contributed by atoms with E-state index in [1.54, 1.807) is 0 Å². The molecule has 0 aromatic heterocycles. The Labute approximate surface area is 324 Å². The number of rotatable bonds is 41. The molecule has 0 aromatic rings. The van der Waals surface area contributed by atoms with Crippen molar-refractivity contribution in [3.8, 4) is 0 Å². The van der Waals surface area contributed by atoms with Crippen molar-refractivity contribution >= 4 is 19.8 Å². The summed E-state index contributed by atoms with van der Waals surface area (Å²) in [6, 6.07) is 0. The van der Waals surface area contributed by atoms with Crippen LogP contribution in [0.1, 0.15) is 206 Å². The molecule has 0 saturated carbocycles. The Hall–Kier alpha value is -1.29. The Morgan fingerprint density at radius 3 is 1.38 bits per heavy atom. The number of unbranched alkanes of at least 4 members (excludes halogenated alkanes) is 25. The maximum atomic E-state index is 12.6. The first-order valence-electron chi connectivity index (χ1n) is 21.6. The lowest BCUT2D eigenvalue weighted by molar-refractivity contribution is -0.161. The minimum Gasteiger partial charge on any atom is -0.462 e. The Morgan fingerprint density at radius 1 is 0.547 bits per heavy atom. The highest BCUT2D eigenvalue weighted by Gasteiger charge is 2.27. The van der Waals surface area contributed by atoms with Crippen molar-refractivity contribution in [2.45, 2.75) is 219 Å². The molecule has 0 heterocycles. The van der Waals surface area contributed by atoms with E-state index in [1.807, 2.05) is 0 Å². The summed E-state index contributed by atoms with van der Waals surface area (Å²) < 4.78 is 32.7. The summed E-state index contributed by atoms with van der Waals surface area (Å²) in [6.07, 6.45) is 36.0. The molecule has 0 fully saturated rings. The lowest BCUT2D eigenvalue weighted by Gasteiger charge is -2.20. The molecule has 1 unspecified atom stereocenters. The van der Waals surface area contributed by atoms with Gasteiger partial charge in [0.05, 0.1) is 19.8 Å². The highest BCUT2D eigenvalue weighted by atomic mass is 31.2. The number of aliphatic hydroxyl groups is 2. The summed E-state index contributed by atoms with van der Waals surface area (Å²) in [5.74, 6) is -0.925. The second kappa shape index (κ2) is 39.0. The van der Waals surface area contributed by atoms with Crippen molar-refractivity contribution in [2.24, 2.45) is 0 Å². The van der Waals surface area contributed by atoms with Crippen LogP contribution >= 0.6 is 7.82 Å². The van der Waals surface area contributed by atoms with Crippen LogP contribution in [0.3, 0.4) is 0 Å². The Balaban J connectivity index is 4.25. The zero-order chi connectivity index (χ0) is 39.1. The lowest BCUT2D eigenvalue weighted by atomic mass is 10.0. The normalized spacial score (nSPS) is 14.0. The van der Waals surface area contributed by atoms with E-state index in [2.05, 4.69) is 30.5 Å². The zero-order valence-corrected chi connectivity index (χ0v) is 34.9. The first-order chi connectivity index (χ1) is 25.7. The molecule has 0 aliphatic carbocycles. The Bertz CT molecular complexity index is 899. The van der Waals surface area contributed by atoms with E-state index >= 15 is 0 Å². The van der Waals surface area contributed by atoms with Gasteiger partial charge in [-0.25, -0.2) is 4.57 Å². The van der Waals surface area contributed by atoms with E-state index in [0.29, 0.717) is 12.8 Å². The van der Waals surface area contributed by atoms with Gasteiger partial charge < -0.3 is 24.6 Å². The molecule has 0 radical (unpaired) electrons. The van der Waals surface area contributed by atoms with Crippen LogP contribution in [0, 0.1) is 0 Å². The van der Waals surface area contributed by atoms with Gasteiger partial charge in [-0.1, -0.05) is 167 Å². The fourth-order valence-corrected chi connectivity index (χ4v) is 6.84. The van der Waals surface area contributed by atoms with Crippen LogP contribution in [0.15, 0.2) is 12.2 Å². The summed E-state index contributed by atoms with van der Waals surface area (Å²) >= 11 is 0. The quantitative estimate of drug-likeness (QED) is 0.0237. The molecule has 0 amide bonds. The van der Waals surface area contributed by atoms with E-state index in [4.69, 9.17) is 19.1 Å². The van der Waals surface area contributed by atoms with Gasteiger partial charge in [-0.05, 0) is 38.5 Å². The number of carbonyl (C=O) groups excluding carboxylic acids is 2. The Morgan fingerprint density at radius 2 is 0.925 bits per heavy atom. The molecule has 0 rings (SSSR count). The number of aliphatic hydroxyl groups excluding tert-OH is 2. The number of esters is 2. The molecule has 0 saturated heterocycles. The van der Waals surface area contributed by atoms with Gasteiger partial charge in [-0.15, -0.1) is 0 Å². The first kappa shape index (κ1) is 51.7. The van der Waals surface area contributed by atoms with Crippen molar-refractivity contribution in [3.63, 3.8) is 0 Å². The van der Waals surface area contributed by atoms with Crippen LogP contribution in [0.4, 0.5) is 0 Å². The average Bonchev–Trinajstić information content (AvgIpc) is 3.14. The van der Waals surface area contributed by atoms with Gasteiger partial charge in [0, 0.05) is 12.8 Å². The smallest absolute Gasteiger partial charge is 0.462 e. The molecular formula is C42H81O10P. The van der Waals surface area contributed by atoms with Gasteiger partial charge in [0.2, 0.25) is 0 Å². The molecule has 0 aromatic carbocycles. The first-order valence-corrected chi connectivity index (χ1v) is 23.1. The number of hydrogen-bond acceptors (Lipinski definition) is 9. The number of phosphoric acid groups is 1. The minimum absolute atomic E-state index is 0.178. The molecule has 0 bridgehead atoms. The largest absolute Gasteiger partial charge is 0.472 e. The van der Waals surface area contributed by atoms with Gasteiger partial charge in [0.15, 0.2) is 6.10 Å². The van der Waals surface area contributed by atoms with Crippen LogP contribution in [-0.2, 0) is 32.7 Å². The summed E-state index contributed by atoms with van der Waals surface area (Å²) in [6.45, 7) is 2.38. The number of carbonyl (C=O) groups is 2. The fourth-order valence-electron chi connectivity index (χ4n) is 6.05. The standard InChI is InChI=1S/C42H81O10P/c1-3-5-7-9-11-13-15-17-18-19-20-22-23-25-27-29-31-33-41(45)49-37-40(38-51-53(47,48)50-36-39(44)35-43)52-42(46)34-32-30-28-26-24-21-16-14-12-10-8-6-4-2/h14,16,39-40,43-44H,3-13,15,17-38H2,1-2H3,(H,47,48)/b16-14-/t39-,40+/m0/s1. The van der Waals surface area contributed by atoms with Crippen molar-refractivity contribution in [1.29, 1.82) is 0 Å². The lowest BCUT2D eigenvalue weighted by Crippen LogP contribution is -2.29. The molecule has 11 heteroatoms. The van der Waals surface area contributed by atoms with Crippen molar-refractivity contribution in [2.75, 3.05) is 26.4 Å². The van der Waals surface area contributed by atoms with Gasteiger partial charge in [0.1, 0.15) is 12.7 Å². The molecule has 10 nitrogen and oxygen atoms in total. The highest BCUT2D eigenvalue weighted by molar-refractivity contribution is 7.47. The van der Waals surface area contributed by atoms with Gasteiger partial charge in [-0.2, -0.15) is 0 Å². The predicted octanol–water partition coefficient (Wildman–Crippen LogP) is 11.2. The number of phosphoric ester groups is 1. The van der Waals surface area contributed by atoms with Gasteiger partial charge >= 0.3 is 19.8 Å². The van der Waals surface area contributed by atoms with Crippen LogP contribution in [-0.4, -0.2) is 65.7 Å². The van der Waals surface area contributed by atoms with E-state index in [9.17, 15) is 24.2 Å². The van der Waals surface area contributed by atoms with Crippen LogP contribution in [0.25, 0.3) is 0 Å². The predicted molar refractivity (Wildman–Crippen MR) is 215 cm³/mol. The number of hydrogen-bond donors (Lipinski definition) is 3. The summed E-state index contributed by atoms with van der Waals surface area (Å²) in [5, 5.41) is 18.3. The third-order valence-electron chi connectivity index (χ3n) is 9.42. The molecule has 0 aliphatic rings. The molecule has 53 heavy (non-hydrogen) atoms. The molecule has 0 spiro atoms. The molecule has 3 atom stereocenters. The number of ether oxygens (including phenoxy) is 2. The maximum absolute atomic E-state index is 12.6. The molecule has 0 aliphatic heterocycles. The SMILES string of the molecule is CCCCCC/C=C\CCCCCCCC(=O)O[C@H](COC(=O)CCCCCCCCCCCCCCCCCCC)COP(=O)(O)OC[C@@H](O)CO. The summed E-state index contributed by atoms with van der Waals surface area (Å²) in [5.41, 5.74) is 0. The van der Waals surface area contributed by atoms with Crippen LogP contribution in [0.2, 0.25) is 0 Å². The van der Waals surface area contributed by atoms with E-state index in [0.717, 1.165) is 57.8 Å². The topological polar surface area (TPSA) is 149 Å². The fraction of sp³-hybridized carbons (Fsp3) is 0.905. The zero-order valence-electron chi connectivity index (χ0n) is 34.0. The highest BCUT2D eigenvalue weighted by Crippen LogP contribution is 2.43. The Kier molecular flexibility index (Phi) is 38.0. The minimum atomic E-state index is -4.61.